The molecule has 0 saturated carbocycles. The molecule has 3 heterocycles. The number of esters is 1. The second-order valence-electron chi connectivity index (χ2n) is 8.78. The predicted molar refractivity (Wildman–Crippen MR) is 134 cm³/mol. The summed E-state index contributed by atoms with van der Waals surface area (Å²) < 4.78 is 25.9. The van der Waals surface area contributed by atoms with Crippen LogP contribution in [-0.4, -0.2) is 40.5 Å². The molecule has 2 aromatic carbocycles. The molecule has 5 rings (SSSR count). The van der Waals surface area contributed by atoms with Gasteiger partial charge in [0.2, 0.25) is 0 Å². The van der Waals surface area contributed by atoms with E-state index in [1.54, 1.807) is 38.1 Å². The van der Waals surface area contributed by atoms with Crippen LogP contribution in [0.25, 0.3) is 5.76 Å². The van der Waals surface area contributed by atoms with Crippen LogP contribution in [0.1, 0.15) is 51.9 Å². The van der Waals surface area contributed by atoms with E-state index in [9.17, 15) is 19.5 Å². The zero-order valence-electron chi connectivity index (χ0n) is 20.3. The molecule has 0 spiro atoms. The number of nitrogens with zero attached hydrogens (tertiary/aromatic N) is 2. The fraction of sp³-hybridized carbons (Fsp3) is 0.259. The zero-order valence-corrected chi connectivity index (χ0v) is 21.1. The van der Waals surface area contributed by atoms with E-state index in [2.05, 4.69) is 4.98 Å². The van der Waals surface area contributed by atoms with Gasteiger partial charge in [-0.3, -0.25) is 14.5 Å². The third-order valence-corrected chi connectivity index (χ3v) is 7.40. The molecule has 0 aliphatic carbocycles. The molecular weight excluding hydrogens is 499 g/mol. The summed E-state index contributed by atoms with van der Waals surface area (Å²) in [5.41, 5.74) is 1.20. The van der Waals surface area contributed by atoms with Crippen LogP contribution in [0.2, 0.25) is 0 Å². The van der Waals surface area contributed by atoms with Crippen molar-refractivity contribution in [2.75, 3.05) is 11.5 Å². The van der Waals surface area contributed by atoms with E-state index >= 15 is 4.39 Å². The lowest BCUT2D eigenvalue weighted by atomic mass is 9.94. The number of carbonyl (C=O) groups is 3. The van der Waals surface area contributed by atoms with Crippen molar-refractivity contribution in [3.05, 3.63) is 81.1 Å². The molecule has 1 saturated heterocycles. The number of hydrogen-bond donors (Lipinski definition) is 1. The van der Waals surface area contributed by atoms with Crippen LogP contribution >= 0.6 is 11.3 Å². The lowest BCUT2D eigenvalue weighted by Gasteiger charge is -2.23. The minimum Gasteiger partial charge on any atom is -0.507 e. The monoisotopic (exact) mass is 522 g/mol. The number of anilines is 1. The molecule has 8 nitrogen and oxygen atoms in total. The maximum Gasteiger partial charge on any atom is 0.350 e. The van der Waals surface area contributed by atoms with Gasteiger partial charge in [-0.05, 0) is 50.6 Å². The Bertz CT molecular complexity index is 1480. The highest BCUT2D eigenvalue weighted by molar-refractivity contribution is 7.17. The highest BCUT2D eigenvalue weighted by Crippen LogP contribution is 2.45. The first-order valence-electron chi connectivity index (χ1n) is 11.7. The average Bonchev–Trinajstić information content (AvgIpc) is 3.51. The first-order valence-corrected chi connectivity index (χ1v) is 12.5. The molecule has 1 aromatic heterocycles. The highest BCUT2D eigenvalue weighted by atomic mass is 32.1. The number of aliphatic hydroxyl groups is 1. The van der Waals surface area contributed by atoms with E-state index in [0.717, 1.165) is 21.8 Å². The summed E-state index contributed by atoms with van der Waals surface area (Å²) in [4.78, 5) is 44.6. The Morgan fingerprint density at radius 3 is 2.76 bits per heavy atom. The van der Waals surface area contributed by atoms with Crippen molar-refractivity contribution in [2.45, 2.75) is 39.3 Å². The number of Topliss-reactive ketones (excluding diaryl/α,β-unsaturated/α-hetero) is 1. The van der Waals surface area contributed by atoms with Gasteiger partial charge in [-0.15, -0.1) is 0 Å². The van der Waals surface area contributed by atoms with Crippen LogP contribution in [0.4, 0.5) is 9.52 Å². The number of carbonyl (C=O) groups excluding carboxylic acids is 3. The van der Waals surface area contributed by atoms with Crippen molar-refractivity contribution in [2.24, 2.45) is 0 Å². The van der Waals surface area contributed by atoms with Crippen molar-refractivity contribution in [1.82, 2.24) is 4.98 Å². The first kappa shape index (κ1) is 24.6. The van der Waals surface area contributed by atoms with Crippen LogP contribution in [0.5, 0.6) is 5.75 Å². The molecule has 37 heavy (non-hydrogen) atoms. The van der Waals surface area contributed by atoms with Crippen LogP contribution in [-0.2, 0) is 20.7 Å². The fourth-order valence-electron chi connectivity index (χ4n) is 4.62. The summed E-state index contributed by atoms with van der Waals surface area (Å²) in [7, 11) is 0. The van der Waals surface area contributed by atoms with Gasteiger partial charge in [0, 0.05) is 17.5 Å². The largest absolute Gasteiger partial charge is 0.507 e. The van der Waals surface area contributed by atoms with Gasteiger partial charge in [0.1, 0.15) is 34.3 Å². The van der Waals surface area contributed by atoms with Gasteiger partial charge in [0.05, 0.1) is 17.9 Å². The minimum absolute atomic E-state index is 0.00639. The third-order valence-electron chi connectivity index (χ3n) is 6.27. The standard InChI is InChI=1S/C27H23FN2O6S/c1-4-35-26(34)24-14(3)29-27(37-24)30-21(17-7-5-6-8-18(17)28)20(23(32)25(30)33)22(31)15-9-10-19-16(12-15)11-13(2)36-19/h5-10,12-13,21,31H,4,11H2,1-3H3/b22-20+. The molecule has 190 valence electrons. The van der Waals surface area contributed by atoms with Gasteiger partial charge in [-0.1, -0.05) is 29.5 Å². The van der Waals surface area contributed by atoms with Crippen LogP contribution < -0.4 is 9.64 Å². The quantitative estimate of drug-likeness (QED) is 0.224. The number of benzene rings is 2. The smallest absolute Gasteiger partial charge is 0.350 e. The minimum atomic E-state index is -1.30. The summed E-state index contributed by atoms with van der Waals surface area (Å²) in [6, 6.07) is 9.39. The van der Waals surface area contributed by atoms with Gasteiger partial charge in [-0.25, -0.2) is 14.2 Å². The average molecular weight is 523 g/mol. The molecule has 2 atom stereocenters. The summed E-state index contributed by atoms with van der Waals surface area (Å²) in [5, 5.41) is 11.4. The van der Waals surface area contributed by atoms with Crippen molar-refractivity contribution in [3.63, 3.8) is 0 Å². The number of ketones is 1. The van der Waals surface area contributed by atoms with E-state index in [0.29, 0.717) is 23.4 Å². The second kappa shape index (κ2) is 9.44. The van der Waals surface area contributed by atoms with Gasteiger partial charge < -0.3 is 14.6 Å². The Kier molecular flexibility index (Phi) is 6.28. The van der Waals surface area contributed by atoms with Crippen molar-refractivity contribution in [3.8, 4) is 5.75 Å². The van der Waals surface area contributed by atoms with Gasteiger partial charge in [-0.2, -0.15) is 0 Å². The topological polar surface area (TPSA) is 106 Å². The number of rotatable bonds is 5. The fourth-order valence-corrected chi connectivity index (χ4v) is 5.60. The van der Waals surface area contributed by atoms with Gasteiger partial charge >= 0.3 is 11.9 Å². The van der Waals surface area contributed by atoms with E-state index in [1.165, 1.54) is 18.2 Å². The molecule has 2 unspecified atom stereocenters. The summed E-state index contributed by atoms with van der Waals surface area (Å²) >= 11 is 0.865. The van der Waals surface area contributed by atoms with E-state index in [1.807, 2.05) is 6.92 Å². The Hall–Kier alpha value is -4.05. The van der Waals surface area contributed by atoms with E-state index in [4.69, 9.17) is 9.47 Å². The van der Waals surface area contributed by atoms with E-state index in [-0.39, 0.29) is 33.9 Å². The second-order valence-corrected chi connectivity index (χ2v) is 9.75. The Morgan fingerprint density at radius 2 is 2.03 bits per heavy atom. The van der Waals surface area contributed by atoms with Crippen LogP contribution in [0, 0.1) is 12.7 Å². The maximum atomic E-state index is 15.1. The number of fused-ring (bicyclic) bond motifs is 1. The van der Waals surface area contributed by atoms with Crippen LogP contribution in [0.3, 0.4) is 0 Å². The maximum absolute atomic E-state index is 15.1. The number of hydrogen-bond acceptors (Lipinski definition) is 8. The zero-order chi connectivity index (χ0) is 26.4. The highest BCUT2D eigenvalue weighted by Gasteiger charge is 2.49. The number of ether oxygens (including phenoxy) is 2. The van der Waals surface area contributed by atoms with Gasteiger partial charge in [0.15, 0.2) is 5.13 Å². The number of amides is 1. The van der Waals surface area contributed by atoms with Gasteiger partial charge in [0.25, 0.3) is 5.78 Å². The number of aryl methyl sites for hydroxylation is 1. The first-order chi connectivity index (χ1) is 17.7. The summed E-state index contributed by atoms with van der Waals surface area (Å²) in [6.07, 6.45) is 0.592. The van der Waals surface area contributed by atoms with Crippen molar-refractivity contribution < 1.29 is 33.4 Å². The summed E-state index contributed by atoms with van der Waals surface area (Å²) in [6.45, 7) is 5.31. The molecule has 0 bridgehead atoms. The number of aliphatic hydroxyl groups excluding tert-OH is 1. The number of halogens is 1. The predicted octanol–water partition coefficient (Wildman–Crippen LogP) is 4.72. The lowest BCUT2D eigenvalue weighted by molar-refractivity contribution is -0.132. The molecule has 2 aliphatic heterocycles. The van der Waals surface area contributed by atoms with E-state index < -0.39 is 35.3 Å². The Balaban J connectivity index is 1.68. The SMILES string of the molecule is CCOC(=O)c1sc(N2C(=O)C(=O)/C(=C(/O)c3ccc4c(c3)CC(C)O4)C2c2ccccc2F)nc1C. The molecule has 3 aromatic rings. The third kappa shape index (κ3) is 4.17. The molecular formula is C27H23FN2O6S. The Labute approximate surface area is 216 Å². The van der Waals surface area contributed by atoms with Crippen molar-refractivity contribution in [1.29, 1.82) is 0 Å². The Morgan fingerprint density at radius 1 is 1.27 bits per heavy atom. The summed E-state index contributed by atoms with van der Waals surface area (Å²) in [5.74, 6) is -3.01. The molecule has 0 radical (unpaired) electrons. The van der Waals surface area contributed by atoms with Crippen molar-refractivity contribution >= 4 is 39.9 Å². The molecule has 1 fully saturated rings. The number of thiazole rings is 1. The normalized spacial score (nSPS) is 20.2. The number of aromatic nitrogens is 1. The molecule has 10 heteroatoms. The molecule has 1 N–H and O–H groups in total. The van der Waals surface area contributed by atoms with Crippen LogP contribution in [0.15, 0.2) is 48.0 Å². The molecule has 2 aliphatic rings. The lowest BCUT2D eigenvalue weighted by Crippen LogP contribution is -2.29. The molecule has 1 amide bonds.